The van der Waals surface area contributed by atoms with Gasteiger partial charge in [0.05, 0.1) is 0 Å². The van der Waals surface area contributed by atoms with Crippen LogP contribution >= 0.6 is 0 Å². The number of nitrogens with one attached hydrogen (secondary N) is 2. The van der Waals surface area contributed by atoms with Crippen molar-refractivity contribution in [1.29, 1.82) is 0 Å². The van der Waals surface area contributed by atoms with E-state index in [1.54, 1.807) is 28.8 Å². The molecule has 0 bridgehead atoms. The van der Waals surface area contributed by atoms with Gasteiger partial charge in [-0.1, -0.05) is 0 Å². The van der Waals surface area contributed by atoms with Crippen molar-refractivity contribution in [2.24, 2.45) is 11.8 Å². The van der Waals surface area contributed by atoms with Gasteiger partial charge in [0.15, 0.2) is 0 Å². The summed E-state index contributed by atoms with van der Waals surface area (Å²) in [5.41, 5.74) is 0.618. The molecule has 106 valence electrons. The number of nitrogens with zero attached hydrogens (tertiary/aromatic N) is 2. The summed E-state index contributed by atoms with van der Waals surface area (Å²) in [6, 6.07) is 3.56. The maximum Gasteiger partial charge on any atom is 0.245 e. The average Bonchev–Trinajstić information content (AvgIpc) is 3.12. The summed E-state index contributed by atoms with van der Waals surface area (Å²) in [6.45, 7) is 3.08. The summed E-state index contributed by atoms with van der Waals surface area (Å²) in [5, 5.41) is 3.99. The van der Waals surface area contributed by atoms with E-state index in [4.69, 9.17) is 0 Å². The normalized spacial score (nSPS) is 27.2. The lowest BCUT2D eigenvalue weighted by Crippen LogP contribution is -2.31. The predicted octanol–water partition coefficient (Wildman–Crippen LogP) is 0.403. The topological polar surface area (TPSA) is 78.1 Å². The predicted molar refractivity (Wildman–Crippen MR) is 74.7 cm³/mol. The Morgan fingerprint density at radius 1 is 1.25 bits per heavy atom. The second kappa shape index (κ2) is 4.28. The third kappa shape index (κ3) is 1.70. The molecule has 0 radical (unpaired) electrons. The SMILES string of the molecule is O=S(=O)(c1c[nH]c2ncccc12)N1CC2CNCC2C1. The molecule has 2 N–H and O–H groups in total. The fourth-order valence-electron chi connectivity index (χ4n) is 3.29. The quantitative estimate of drug-likeness (QED) is 0.840. The van der Waals surface area contributed by atoms with Gasteiger partial charge in [-0.2, -0.15) is 4.31 Å². The van der Waals surface area contributed by atoms with Crippen molar-refractivity contribution in [3.8, 4) is 0 Å². The van der Waals surface area contributed by atoms with Crippen molar-refractivity contribution in [2.45, 2.75) is 4.90 Å². The lowest BCUT2D eigenvalue weighted by Gasteiger charge is -2.16. The van der Waals surface area contributed by atoms with Crippen molar-refractivity contribution in [2.75, 3.05) is 26.2 Å². The summed E-state index contributed by atoms with van der Waals surface area (Å²) in [5.74, 6) is 0.904. The Hall–Kier alpha value is -1.44. The van der Waals surface area contributed by atoms with Gasteiger partial charge in [-0.15, -0.1) is 0 Å². The van der Waals surface area contributed by atoms with Gasteiger partial charge in [0.1, 0.15) is 10.5 Å². The number of aromatic amines is 1. The fourth-order valence-corrected chi connectivity index (χ4v) is 5.00. The van der Waals surface area contributed by atoms with Gasteiger partial charge in [-0.05, 0) is 37.1 Å². The van der Waals surface area contributed by atoms with E-state index < -0.39 is 10.0 Å². The second-order valence-electron chi connectivity index (χ2n) is 5.55. The molecule has 20 heavy (non-hydrogen) atoms. The van der Waals surface area contributed by atoms with Gasteiger partial charge in [0.2, 0.25) is 10.0 Å². The van der Waals surface area contributed by atoms with Crippen LogP contribution in [0.2, 0.25) is 0 Å². The van der Waals surface area contributed by atoms with Crippen LogP contribution in [0.3, 0.4) is 0 Å². The number of fused-ring (bicyclic) bond motifs is 2. The molecule has 2 atom stereocenters. The standard InChI is InChI=1S/C13H16N4O2S/c18-20(19,17-7-9-4-14-5-10(9)8-17)12-6-16-13-11(12)2-1-3-15-13/h1-3,6,9-10,14H,4-5,7-8H2,(H,15,16). The molecule has 2 unspecified atom stereocenters. The van der Waals surface area contributed by atoms with Crippen LogP contribution in [-0.4, -0.2) is 48.9 Å². The molecule has 0 saturated carbocycles. The highest BCUT2D eigenvalue weighted by molar-refractivity contribution is 7.89. The van der Waals surface area contributed by atoms with Crippen LogP contribution in [0.15, 0.2) is 29.4 Å². The molecule has 7 heteroatoms. The molecule has 2 saturated heterocycles. The number of aromatic nitrogens is 2. The van der Waals surface area contributed by atoms with Gasteiger partial charge in [0, 0.05) is 30.9 Å². The average molecular weight is 292 g/mol. The maximum atomic E-state index is 12.8. The molecule has 0 spiro atoms. The Labute approximate surface area is 117 Å². The second-order valence-corrected chi connectivity index (χ2v) is 7.46. The van der Waals surface area contributed by atoms with Crippen LogP contribution in [0.5, 0.6) is 0 Å². The van der Waals surface area contributed by atoms with Gasteiger partial charge >= 0.3 is 0 Å². The zero-order chi connectivity index (χ0) is 13.7. The van der Waals surface area contributed by atoms with E-state index in [2.05, 4.69) is 15.3 Å². The molecular formula is C13H16N4O2S. The van der Waals surface area contributed by atoms with Gasteiger partial charge < -0.3 is 10.3 Å². The first-order chi connectivity index (χ1) is 9.66. The summed E-state index contributed by atoms with van der Waals surface area (Å²) in [7, 11) is -3.43. The highest BCUT2D eigenvalue weighted by atomic mass is 32.2. The van der Waals surface area contributed by atoms with E-state index in [1.165, 1.54) is 0 Å². The van der Waals surface area contributed by atoms with E-state index in [0.717, 1.165) is 13.1 Å². The Kier molecular flexibility index (Phi) is 2.63. The Bertz CT molecular complexity index is 743. The monoisotopic (exact) mass is 292 g/mol. The minimum atomic E-state index is -3.43. The van der Waals surface area contributed by atoms with E-state index in [9.17, 15) is 8.42 Å². The maximum absolute atomic E-state index is 12.8. The molecule has 4 rings (SSSR count). The number of sulfonamides is 1. The van der Waals surface area contributed by atoms with Gasteiger partial charge in [0.25, 0.3) is 0 Å². The Balaban J connectivity index is 1.73. The van der Waals surface area contributed by atoms with Crippen LogP contribution in [0, 0.1) is 11.8 Å². The van der Waals surface area contributed by atoms with E-state index in [-0.39, 0.29) is 0 Å². The minimum Gasteiger partial charge on any atom is -0.345 e. The molecule has 4 heterocycles. The van der Waals surface area contributed by atoms with Crippen molar-refractivity contribution in [1.82, 2.24) is 19.6 Å². The molecule has 2 aliphatic heterocycles. The number of hydrogen-bond donors (Lipinski definition) is 2. The smallest absolute Gasteiger partial charge is 0.245 e. The summed E-state index contributed by atoms with van der Waals surface area (Å²) >= 11 is 0. The van der Waals surface area contributed by atoms with Gasteiger partial charge in [-0.25, -0.2) is 13.4 Å². The number of pyridine rings is 1. The van der Waals surface area contributed by atoms with Crippen molar-refractivity contribution >= 4 is 21.1 Å². The largest absolute Gasteiger partial charge is 0.345 e. The van der Waals surface area contributed by atoms with Gasteiger partial charge in [-0.3, -0.25) is 0 Å². The molecule has 2 aromatic heterocycles. The van der Waals surface area contributed by atoms with E-state index in [0.29, 0.717) is 40.9 Å². The zero-order valence-electron chi connectivity index (χ0n) is 10.9. The number of rotatable bonds is 2. The van der Waals surface area contributed by atoms with Crippen molar-refractivity contribution in [3.63, 3.8) is 0 Å². The first-order valence-electron chi connectivity index (χ1n) is 6.79. The Morgan fingerprint density at radius 3 is 2.75 bits per heavy atom. The number of hydrogen-bond acceptors (Lipinski definition) is 4. The van der Waals surface area contributed by atoms with E-state index >= 15 is 0 Å². The van der Waals surface area contributed by atoms with Crippen LogP contribution < -0.4 is 5.32 Å². The number of H-pyrrole nitrogens is 1. The molecule has 2 aliphatic rings. The Morgan fingerprint density at radius 2 is 2.00 bits per heavy atom. The summed E-state index contributed by atoms with van der Waals surface area (Å²) in [4.78, 5) is 7.43. The minimum absolute atomic E-state index is 0.341. The fraction of sp³-hybridized carbons (Fsp3) is 0.462. The third-order valence-corrected chi connectivity index (χ3v) is 6.26. The lowest BCUT2D eigenvalue weighted by molar-refractivity contribution is 0.448. The van der Waals surface area contributed by atoms with Crippen molar-refractivity contribution < 1.29 is 8.42 Å². The highest BCUT2D eigenvalue weighted by Gasteiger charge is 2.42. The lowest BCUT2D eigenvalue weighted by atomic mass is 10.0. The molecular weight excluding hydrogens is 276 g/mol. The van der Waals surface area contributed by atoms with Crippen LogP contribution in [-0.2, 0) is 10.0 Å². The van der Waals surface area contributed by atoms with Crippen LogP contribution in [0.4, 0.5) is 0 Å². The van der Waals surface area contributed by atoms with Crippen molar-refractivity contribution in [3.05, 3.63) is 24.5 Å². The van der Waals surface area contributed by atoms with Crippen LogP contribution in [0.25, 0.3) is 11.0 Å². The molecule has 0 amide bonds. The molecule has 0 aliphatic carbocycles. The molecule has 2 fully saturated rings. The van der Waals surface area contributed by atoms with Crippen LogP contribution in [0.1, 0.15) is 0 Å². The molecule has 0 aromatic carbocycles. The molecule has 6 nitrogen and oxygen atoms in total. The molecule has 2 aromatic rings. The zero-order valence-corrected chi connectivity index (χ0v) is 11.7. The first-order valence-corrected chi connectivity index (χ1v) is 8.23. The third-order valence-electron chi connectivity index (χ3n) is 4.39. The van der Waals surface area contributed by atoms with E-state index in [1.807, 2.05) is 0 Å². The summed E-state index contributed by atoms with van der Waals surface area (Å²) in [6.07, 6.45) is 3.21. The first kappa shape index (κ1) is 12.3. The highest BCUT2D eigenvalue weighted by Crippen LogP contribution is 2.32. The summed E-state index contributed by atoms with van der Waals surface area (Å²) < 4.78 is 27.2.